The lowest BCUT2D eigenvalue weighted by molar-refractivity contribution is 0.0946. The van der Waals surface area contributed by atoms with Crippen molar-refractivity contribution in [2.75, 3.05) is 11.9 Å². The first kappa shape index (κ1) is 15.3. The van der Waals surface area contributed by atoms with Gasteiger partial charge in [-0.1, -0.05) is 36.7 Å². The zero-order valence-corrected chi connectivity index (χ0v) is 12.7. The van der Waals surface area contributed by atoms with Crippen LogP contribution in [0.5, 0.6) is 0 Å². The molecule has 4 nitrogen and oxygen atoms in total. The van der Waals surface area contributed by atoms with Gasteiger partial charge in [0.05, 0.1) is 0 Å². The van der Waals surface area contributed by atoms with Crippen molar-refractivity contribution in [3.63, 3.8) is 0 Å². The van der Waals surface area contributed by atoms with E-state index in [4.69, 9.17) is 11.6 Å². The van der Waals surface area contributed by atoms with Crippen LogP contribution in [0.1, 0.15) is 29.4 Å². The topological polar surface area (TPSA) is 54.0 Å². The van der Waals surface area contributed by atoms with Crippen LogP contribution in [0, 0.1) is 0 Å². The van der Waals surface area contributed by atoms with Gasteiger partial charge in [0.1, 0.15) is 5.69 Å². The molecule has 5 heteroatoms. The summed E-state index contributed by atoms with van der Waals surface area (Å²) in [5.74, 6) is -0.213. The lowest BCUT2D eigenvalue weighted by atomic mass is 10.2. The van der Waals surface area contributed by atoms with Gasteiger partial charge in [0.2, 0.25) is 0 Å². The van der Waals surface area contributed by atoms with E-state index in [-0.39, 0.29) is 5.91 Å². The Morgan fingerprint density at radius 3 is 2.86 bits per heavy atom. The maximum Gasteiger partial charge on any atom is 0.270 e. The molecular formula is C16H18ClN3O. The zero-order chi connectivity index (χ0) is 15.1. The van der Waals surface area contributed by atoms with Crippen molar-refractivity contribution in [2.45, 2.75) is 19.9 Å². The fourth-order valence-electron chi connectivity index (χ4n) is 1.84. The minimum Gasteiger partial charge on any atom is -0.385 e. The molecule has 0 bridgehead atoms. The van der Waals surface area contributed by atoms with Gasteiger partial charge < -0.3 is 10.6 Å². The van der Waals surface area contributed by atoms with Crippen molar-refractivity contribution in [3.05, 3.63) is 58.9 Å². The van der Waals surface area contributed by atoms with E-state index in [1.807, 2.05) is 24.3 Å². The highest BCUT2D eigenvalue weighted by molar-refractivity contribution is 6.31. The molecule has 1 aromatic heterocycles. The molecule has 0 spiro atoms. The highest BCUT2D eigenvalue weighted by Gasteiger charge is 2.08. The van der Waals surface area contributed by atoms with Gasteiger partial charge in [0.15, 0.2) is 0 Å². The number of anilines is 1. The second-order valence-electron chi connectivity index (χ2n) is 4.63. The van der Waals surface area contributed by atoms with Crippen molar-refractivity contribution in [1.82, 2.24) is 10.3 Å². The molecule has 1 aromatic carbocycles. The van der Waals surface area contributed by atoms with Crippen LogP contribution < -0.4 is 10.6 Å². The number of carbonyl (C=O) groups is 1. The summed E-state index contributed by atoms with van der Waals surface area (Å²) in [4.78, 5) is 16.2. The lowest BCUT2D eigenvalue weighted by Gasteiger charge is -2.08. The molecule has 0 aliphatic carbocycles. The predicted octanol–water partition coefficient (Wildman–Crippen LogP) is 3.49. The van der Waals surface area contributed by atoms with Crippen LogP contribution in [0.2, 0.25) is 5.02 Å². The quantitative estimate of drug-likeness (QED) is 0.859. The highest BCUT2D eigenvalue weighted by atomic mass is 35.5. The number of aromatic nitrogens is 1. The Morgan fingerprint density at radius 1 is 1.29 bits per heavy atom. The number of halogens is 1. The highest BCUT2D eigenvalue weighted by Crippen LogP contribution is 2.14. The maximum absolute atomic E-state index is 12.1. The Balaban J connectivity index is 1.98. The number of hydrogen-bond acceptors (Lipinski definition) is 3. The van der Waals surface area contributed by atoms with E-state index in [1.165, 1.54) is 0 Å². The van der Waals surface area contributed by atoms with E-state index in [9.17, 15) is 4.79 Å². The Labute approximate surface area is 129 Å². The number of hydrogen-bond donors (Lipinski definition) is 2. The molecule has 0 aliphatic heterocycles. The van der Waals surface area contributed by atoms with Gasteiger partial charge in [0.25, 0.3) is 5.91 Å². The summed E-state index contributed by atoms with van der Waals surface area (Å²) >= 11 is 6.06. The molecule has 110 valence electrons. The van der Waals surface area contributed by atoms with Gasteiger partial charge in [0, 0.05) is 30.0 Å². The first-order valence-corrected chi connectivity index (χ1v) is 7.30. The first-order valence-electron chi connectivity index (χ1n) is 6.92. The summed E-state index contributed by atoms with van der Waals surface area (Å²) in [5, 5.41) is 6.70. The fourth-order valence-corrected chi connectivity index (χ4v) is 2.04. The summed E-state index contributed by atoms with van der Waals surface area (Å²) in [5.41, 5.74) is 2.17. The van der Waals surface area contributed by atoms with Crippen LogP contribution in [-0.4, -0.2) is 17.4 Å². The average Bonchev–Trinajstić information content (AvgIpc) is 2.52. The summed E-state index contributed by atoms with van der Waals surface area (Å²) < 4.78 is 0. The van der Waals surface area contributed by atoms with E-state index >= 15 is 0 Å². The predicted molar refractivity (Wildman–Crippen MR) is 85.6 cm³/mol. The molecule has 1 amide bonds. The van der Waals surface area contributed by atoms with Crippen molar-refractivity contribution in [2.24, 2.45) is 0 Å². The number of carbonyl (C=O) groups excluding carboxylic acids is 1. The third kappa shape index (κ3) is 4.46. The molecule has 0 atom stereocenters. The average molecular weight is 304 g/mol. The first-order chi connectivity index (χ1) is 10.2. The molecule has 0 unspecified atom stereocenters. The SMILES string of the molecule is CCCNc1ccnc(C(=O)NCc2ccccc2Cl)c1. The van der Waals surface area contributed by atoms with E-state index in [0.29, 0.717) is 17.3 Å². The third-order valence-corrected chi connectivity index (χ3v) is 3.34. The largest absolute Gasteiger partial charge is 0.385 e. The molecular weight excluding hydrogens is 286 g/mol. The molecule has 0 fully saturated rings. The maximum atomic E-state index is 12.1. The Kier molecular flexibility index (Phi) is 5.58. The van der Waals surface area contributed by atoms with Crippen LogP contribution in [0.4, 0.5) is 5.69 Å². The van der Waals surface area contributed by atoms with Crippen LogP contribution in [0.3, 0.4) is 0 Å². The number of nitrogens with zero attached hydrogens (tertiary/aromatic N) is 1. The smallest absolute Gasteiger partial charge is 0.270 e. The minimum absolute atomic E-state index is 0.213. The van der Waals surface area contributed by atoms with Gasteiger partial charge in [-0.15, -0.1) is 0 Å². The van der Waals surface area contributed by atoms with Crippen LogP contribution in [0.15, 0.2) is 42.6 Å². The van der Waals surface area contributed by atoms with Gasteiger partial charge in [-0.25, -0.2) is 0 Å². The summed E-state index contributed by atoms with van der Waals surface area (Å²) in [7, 11) is 0. The second-order valence-corrected chi connectivity index (χ2v) is 5.04. The van der Waals surface area contributed by atoms with Crippen molar-refractivity contribution < 1.29 is 4.79 Å². The van der Waals surface area contributed by atoms with Gasteiger partial charge in [-0.3, -0.25) is 9.78 Å². The fraction of sp³-hybridized carbons (Fsp3) is 0.250. The standard InChI is InChI=1S/C16H18ClN3O/c1-2-8-18-13-7-9-19-15(10-13)16(21)20-11-12-5-3-4-6-14(12)17/h3-7,9-10H,2,8,11H2,1H3,(H,18,19)(H,20,21). The summed E-state index contributed by atoms with van der Waals surface area (Å²) in [6.45, 7) is 3.34. The molecule has 0 saturated heterocycles. The molecule has 21 heavy (non-hydrogen) atoms. The number of pyridine rings is 1. The van der Waals surface area contributed by atoms with Crippen molar-refractivity contribution >= 4 is 23.2 Å². The molecule has 2 rings (SSSR count). The second kappa shape index (κ2) is 7.64. The van der Waals surface area contributed by atoms with Crippen molar-refractivity contribution in [3.8, 4) is 0 Å². The van der Waals surface area contributed by atoms with Crippen molar-refractivity contribution in [1.29, 1.82) is 0 Å². The van der Waals surface area contributed by atoms with E-state index in [1.54, 1.807) is 18.3 Å². The number of benzene rings is 1. The molecule has 0 radical (unpaired) electrons. The summed E-state index contributed by atoms with van der Waals surface area (Å²) in [6, 6.07) is 11.0. The molecule has 0 aliphatic rings. The number of rotatable bonds is 6. The minimum atomic E-state index is -0.213. The van der Waals surface area contributed by atoms with Gasteiger partial charge in [-0.05, 0) is 30.2 Å². The zero-order valence-electron chi connectivity index (χ0n) is 11.9. The number of amides is 1. The van der Waals surface area contributed by atoms with Crippen LogP contribution >= 0.6 is 11.6 Å². The Bertz CT molecular complexity index is 616. The number of nitrogens with one attached hydrogen (secondary N) is 2. The van der Waals surface area contributed by atoms with E-state index in [0.717, 1.165) is 24.2 Å². The molecule has 2 aromatic rings. The summed E-state index contributed by atoms with van der Waals surface area (Å²) in [6.07, 6.45) is 2.65. The normalized spacial score (nSPS) is 10.2. The van der Waals surface area contributed by atoms with Gasteiger partial charge in [-0.2, -0.15) is 0 Å². The monoisotopic (exact) mass is 303 g/mol. The lowest BCUT2D eigenvalue weighted by Crippen LogP contribution is -2.24. The third-order valence-electron chi connectivity index (χ3n) is 2.97. The van der Waals surface area contributed by atoms with Gasteiger partial charge >= 0.3 is 0 Å². The Hall–Kier alpha value is -2.07. The van der Waals surface area contributed by atoms with Crippen LogP contribution in [-0.2, 0) is 6.54 Å². The molecule has 1 heterocycles. The molecule has 0 saturated carbocycles. The molecule has 2 N–H and O–H groups in total. The Morgan fingerprint density at radius 2 is 2.10 bits per heavy atom. The van der Waals surface area contributed by atoms with Crippen LogP contribution in [0.25, 0.3) is 0 Å². The van der Waals surface area contributed by atoms with E-state index < -0.39 is 0 Å². The van der Waals surface area contributed by atoms with E-state index in [2.05, 4.69) is 22.5 Å².